The molecule has 0 aliphatic heterocycles. The number of benzene rings is 6. The number of alkyl halides is 3. The zero-order valence-electron chi connectivity index (χ0n) is 36.8. The van der Waals surface area contributed by atoms with Crippen LogP contribution >= 0.6 is 0 Å². The average Bonchev–Trinajstić information content (AvgIpc) is 3.26. The maximum absolute atomic E-state index is 13.1. The van der Waals surface area contributed by atoms with Crippen molar-refractivity contribution in [3.63, 3.8) is 0 Å². The number of halogens is 3. The lowest BCUT2D eigenvalue weighted by atomic mass is 9.98. The third-order valence-electron chi connectivity index (χ3n) is 9.75. The van der Waals surface area contributed by atoms with Crippen LogP contribution in [0, 0.1) is 13.8 Å². The van der Waals surface area contributed by atoms with Gasteiger partial charge in [-0.2, -0.15) is 33.6 Å². The molecular weight excluding hydrogens is 912 g/mol. The number of amides is 1. The van der Waals surface area contributed by atoms with E-state index < -0.39 is 43.5 Å². The highest BCUT2D eigenvalue weighted by Gasteiger charge is 2.30. The Hall–Kier alpha value is -7.32. The van der Waals surface area contributed by atoms with Crippen LogP contribution in [0.3, 0.4) is 0 Å². The van der Waals surface area contributed by atoms with Gasteiger partial charge < -0.3 is 20.3 Å². The molecule has 0 heterocycles. The fraction of sp³-hybridized carbons (Fsp3) is 0.213. The number of nitrogens with zero attached hydrogens (tertiary/aromatic N) is 4. The maximum Gasteiger partial charge on any atom is 0.416 e. The van der Waals surface area contributed by atoms with Gasteiger partial charge in [0.2, 0.25) is 0 Å². The summed E-state index contributed by atoms with van der Waals surface area (Å²) < 4.78 is 101. The number of hydrogen-bond donors (Lipinski definition) is 5. The number of hydrogen-bond acceptors (Lipinski definition) is 12. The molecule has 0 saturated carbocycles. The molecule has 0 spiro atoms. The summed E-state index contributed by atoms with van der Waals surface area (Å²) in [5, 5.41) is 41.5. The first-order chi connectivity index (χ1) is 31.4. The number of aromatic hydroxyl groups is 2. The van der Waals surface area contributed by atoms with Crippen LogP contribution in [0.25, 0.3) is 0 Å². The van der Waals surface area contributed by atoms with Crippen molar-refractivity contribution in [2.75, 3.05) is 9.44 Å². The number of alkyl carbamates (subject to hydrolysis) is 1. The third-order valence-corrected chi connectivity index (χ3v) is 12.5. The molecule has 0 bridgehead atoms. The molecule has 0 aliphatic rings. The smallest absolute Gasteiger partial charge is 0.416 e. The molecule has 6 rings (SSSR count). The van der Waals surface area contributed by atoms with Gasteiger partial charge in [0.15, 0.2) is 0 Å². The molecule has 5 N–H and O–H groups in total. The molecule has 6 aromatic carbocycles. The Labute approximate surface area is 385 Å². The van der Waals surface area contributed by atoms with E-state index in [0.717, 1.165) is 29.8 Å². The van der Waals surface area contributed by atoms with Gasteiger partial charge in [0, 0.05) is 17.9 Å². The molecule has 350 valence electrons. The van der Waals surface area contributed by atoms with Crippen molar-refractivity contribution in [1.82, 2.24) is 5.32 Å². The molecule has 67 heavy (non-hydrogen) atoms. The molecule has 0 radical (unpaired) electrons. The largest absolute Gasteiger partial charge is 0.507 e. The van der Waals surface area contributed by atoms with Crippen molar-refractivity contribution in [3.05, 3.63) is 155 Å². The standard InChI is InChI=1S/C47H46F3N7O8S2/c1-29-24-39(54-52-35-16-20-41(21-17-35)66(61,62)56-37-12-6-31(7-13-37)28-51-45(60)65-46(3,4)5)26-32(43(29)58)8-9-33-27-40(25-30(2)44(33)59)55-53-36-18-22-42(23-19-36)67(63,64)57-38-14-10-34(11-15-38)47(48,49)50/h6-7,10-27,56-59H,8-9,28H2,1-5H3,(H,51,60). The van der Waals surface area contributed by atoms with Crippen LogP contribution in [-0.2, 0) is 50.3 Å². The van der Waals surface area contributed by atoms with Crippen LogP contribution in [0.1, 0.15) is 54.2 Å². The molecule has 0 aromatic heterocycles. The van der Waals surface area contributed by atoms with E-state index in [-0.39, 0.29) is 46.4 Å². The van der Waals surface area contributed by atoms with Crippen molar-refractivity contribution in [3.8, 4) is 11.5 Å². The number of aryl methyl sites for hydroxylation is 4. The van der Waals surface area contributed by atoms with Crippen LogP contribution in [0.15, 0.2) is 152 Å². The second kappa shape index (κ2) is 20.0. The minimum absolute atomic E-state index is 0.00639. The van der Waals surface area contributed by atoms with Gasteiger partial charge >= 0.3 is 12.3 Å². The SMILES string of the molecule is Cc1cc(N=Nc2ccc(S(=O)(=O)Nc3ccc(CNC(=O)OC(C)(C)C)cc3)cc2)cc(CCc2cc(N=Nc3ccc(S(=O)(=O)Nc4ccc(C(F)(F)F)cc4)cc3)cc(C)c2O)c1O. The molecule has 0 fully saturated rings. The average molecular weight is 958 g/mol. The molecule has 0 aliphatic carbocycles. The summed E-state index contributed by atoms with van der Waals surface area (Å²) in [6.07, 6.45) is -4.56. The Bertz CT molecular complexity index is 3030. The van der Waals surface area contributed by atoms with Gasteiger partial charge in [-0.25, -0.2) is 21.6 Å². The molecule has 20 heteroatoms. The van der Waals surface area contributed by atoms with Gasteiger partial charge in [0.1, 0.15) is 17.1 Å². The summed E-state index contributed by atoms with van der Waals surface area (Å²) >= 11 is 0. The molecule has 0 saturated heterocycles. The third kappa shape index (κ3) is 13.6. The number of rotatable bonds is 15. The van der Waals surface area contributed by atoms with Gasteiger partial charge in [-0.05, 0) is 184 Å². The second-order valence-corrected chi connectivity index (χ2v) is 19.6. The fourth-order valence-electron chi connectivity index (χ4n) is 6.38. The van der Waals surface area contributed by atoms with E-state index in [9.17, 15) is 45.0 Å². The van der Waals surface area contributed by atoms with Crippen LogP contribution < -0.4 is 14.8 Å². The van der Waals surface area contributed by atoms with E-state index in [0.29, 0.717) is 50.7 Å². The van der Waals surface area contributed by atoms with Crippen molar-refractivity contribution in [1.29, 1.82) is 0 Å². The molecular formula is C47H46F3N7O8S2. The summed E-state index contributed by atoms with van der Waals surface area (Å²) in [5.74, 6) is 0.0737. The first-order valence-electron chi connectivity index (χ1n) is 20.4. The van der Waals surface area contributed by atoms with Crippen LogP contribution in [0.4, 0.5) is 52.1 Å². The monoisotopic (exact) mass is 957 g/mol. The first-order valence-corrected chi connectivity index (χ1v) is 23.4. The number of sulfonamides is 2. The lowest BCUT2D eigenvalue weighted by molar-refractivity contribution is -0.137. The second-order valence-electron chi connectivity index (χ2n) is 16.3. The predicted molar refractivity (Wildman–Crippen MR) is 247 cm³/mol. The minimum Gasteiger partial charge on any atom is -0.507 e. The van der Waals surface area contributed by atoms with Gasteiger partial charge in [0.05, 0.1) is 38.1 Å². The lowest BCUT2D eigenvalue weighted by Gasteiger charge is -2.19. The summed E-state index contributed by atoms with van der Waals surface area (Å²) in [6.45, 7) is 8.88. The van der Waals surface area contributed by atoms with Gasteiger partial charge in [0.25, 0.3) is 20.0 Å². The minimum atomic E-state index is -4.56. The summed E-state index contributed by atoms with van der Waals surface area (Å²) in [7, 11) is -8.08. The van der Waals surface area contributed by atoms with Crippen molar-refractivity contribution >= 4 is 60.3 Å². The Kier molecular flexibility index (Phi) is 14.7. The number of anilines is 2. The van der Waals surface area contributed by atoms with E-state index in [2.05, 4.69) is 35.2 Å². The fourth-order valence-corrected chi connectivity index (χ4v) is 8.50. The number of carbonyl (C=O) groups is 1. The summed E-state index contributed by atoms with van der Waals surface area (Å²) in [6, 6.07) is 27.8. The normalized spacial score (nSPS) is 12.4. The van der Waals surface area contributed by atoms with E-state index in [1.54, 1.807) is 83.1 Å². The van der Waals surface area contributed by atoms with Gasteiger partial charge in [-0.15, -0.1) is 0 Å². The maximum atomic E-state index is 13.1. The van der Waals surface area contributed by atoms with E-state index >= 15 is 0 Å². The van der Waals surface area contributed by atoms with Crippen molar-refractivity contribution in [2.24, 2.45) is 20.5 Å². The van der Waals surface area contributed by atoms with Crippen LogP contribution in [0.5, 0.6) is 11.5 Å². The van der Waals surface area contributed by atoms with Crippen LogP contribution in [-0.4, -0.2) is 38.7 Å². The topological polar surface area (TPSA) is 221 Å². The van der Waals surface area contributed by atoms with Gasteiger partial charge in [-0.1, -0.05) is 12.1 Å². The summed E-state index contributed by atoms with van der Waals surface area (Å²) in [4.78, 5) is 11.8. The molecule has 0 unspecified atom stereocenters. The molecule has 1 amide bonds. The summed E-state index contributed by atoms with van der Waals surface area (Å²) in [5.41, 5.74) is 3.05. The first kappa shape index (κ1) is 49.1. The number of phenols is 2. The lowest BCUT2D eigenvalue weighted by Crippen LogP contribution is -2.32. The quantitative estimate of drug-likeness (QED) is 0.0622. The van der Waals surface area contributed by atoms with Crippen LogP contribution in [0.2, 0.25) is 0 Å². The van der Waals surface area contributed by atoms with Crippen molar-refractivity contribution < 1.29 is 49.8 Å². The van der Waals surface area contributed by atoms with Gasteiger partial charge in [-0.3, -0.25) is 9.44 Å². The number of phenolic OH excluding ortho intramolecular Hbond substituents is 2. The zero-order chi connectivity index (χ0) is 48.7. The van der Waals surface area contributed by atoms with Crippen molar-refractivity contribution in [2.45, 2.75) is 75.6 Å². The Morgan fingerprint density at radius 2 is 0.970 bits per heavy atom. The van der Waals surface area contributed by atoms with E-state index in [4.69, 9.17) is 4.74 Å². The zero-order valence-corrected chi connectivity index (χ0v) is 38.4. The number of nitrogens with one attached hydrogen (secondary N) is 3. The Morgan fingerprint density at radius 3 is 1.36 bits per heavy atom. The highest BCUT2D eigenvalue weighted by molar-refractivity contribution is 7.93. The van der Waals surface area contributed by atoms with E-state index in [1.165, 1.54) is 48.5 Å². The molecule has 15 nitrogen and oxygen atoms in total. The number of ether oxygens (including phenoxy) is 1. The molecule has 0 atom stereocenters. The highest BCUT2D eigenvalue weighted by atomic mass is 32.2. The number of carbonyl (C=O) groups excluding carboxylic acids is 1. The molecule has 6 aromatic rings. The predicted octanol–water partition coefficient (Wildman–Crippen LogP) is 12.0. The van der Waals surface area contributed by atoms with E-state index in [1.807, 2.05) is 0 Å². The number of azo groups is 2. The highest BCUT2D eigenvalue weighted by Crippen LogP contribution is 2.35. The Balaban J connectivity index is 1.06. The Morgan fingerprint density at radius 1 is 0.582 bits per heavy atom.